The molecule has 0 radical (unpaired) electrons. The van der Waals surface area contributed by atoms with Gasteiger partial charge in [-0.05, 0) is 0 Å². The zero-order chi connectivity index (χ0) is 10.1. The summed E-state index contributed by atoms with van der Waals surface area (Å²) in [6.07, 6.45) is 0.337. The Hall–Kier alpha value is -0.650. The van der Waals surface area contributed by atoms with Gasteiger partial charge in [0.1, 0.15) is 0 Å². The molecule has 78 valence electrons. The van der Waals surface area contributed by atoms with Crippen molar-refractivity contribution >= 4 is 5.91 Å². The summed E-state index contributed by atoms with van der Waals surface area (Å²) < 4.78 is 9.82. The van der Waals surface area contributed by atoms with E-state index in [0.29, 0.717) is 26.2 Å². The number of amides is 1. The smallest absolute Gasteiger partial charge is 0.221 e. The Morgan fingerprint density at radius 2 is 1.92 bits per heavy atom. The Bertz CT molecular complexity index is 135. The van der Waals surface area contributed by atoms with E-state index in [1.54, 1.807) is 14.2 Å². The third-order valence-corrected chi connectivity index (χ3v) is 1.47. The maximum Gasteiger partial charge on any atom is 0.221 e. The quantitative estimate of drug-likeness (QED) is 0.546. The van der Waals surface area contributed by atoms with E-state index in [9.17, 15) is 4.79 Å². The van der Waals surface area contributed by atoms with Gasteiger partial charge >= 0.3 is 0 Å². The molecular formula is C8H18N2O3. The standard InChI is InChI=1S/C8H18N2O3/c1-12-5-7(6-13-2)10-8(11)3-4-9/h7H,3-6,9H2,1-2H3,(H,10,11). The lowest BCUT2D eigenvalue weighted by atomic mass is 10.3. The predicted molar refractivity (Wildman–Crippen MR) is 49.4 cm³/mol. The van der Waals surface area contributed by atoms with Gasteiger partial charge in [0.05, 0.1) is 19.3 Å². The minimum atomic E-state index is -0.0888. The summed E-state index contributed by atoms with van der Waals surface area (Å²) in [4.78, 5) is 11.1. The van der Waals surface area contributed by atoms with Gasteiger partial charge in [0.25, 0.3) is 0 Å². The van der Waals surface area contributed by atoms with E-state index >= 15 is 0 Å². The van der Waals surface area contributed by atoms with Gasteiger partial charge in [0.15, 0.2) is 0 Å². The third kappa shape index (κ3) is 6.51. The van der Waals surface area contributed by atoms with Crippen LogP contribution in [0.5, 0.6) is 0 Å². The van der Waals surface area contributed by atoms with Gasteiger partial charge in [0.2, 0.25) is 5.91 Å². The molecule has 0 saturated carbocycles. The number of ether oxygens (including phenoxy) is 2. The minimum Gasteiger partial charge on any atom is -0.382 e. The molecule has 0 saturated heterocycles. The monoisotopic (exact) mass is 190 g/mol. The van der Waals surface area contributed by atoms with E-state index < -0.39 is 0 Å². The summed E-state index contributed by atoms with van der Waals surface area (Å²) in [6, 6.07) is -0.0888. The predicted octanol–water partition coefficient (Wildman–Crippen LogP) is -0.887. The number of hydrogen-bond acceptors (Lipinski definition) is 4. The van der Waals surface area contributed by atoms with Crippen LogP contribution in [0.15, 0.2) is 0 Å². The van der Waals surface area contributed by atoms with Gasteiger partial charge in [-0.15, -0.1) is 0 Å². The number of nitrogens with one attached hydrogen (secondary N) is 1. The first-order valence-electron chi connectivity index (χ1n) is 4.21. The Kier molecular flexibility index (Phi) is 7.57. The van der Waals surface area contributed by atoms with Crippen molar-refractivity contribution < 1.29 is 14.3 Å². The second-order valence-electron chi connectivity index (χ2n) is 2.71. The molecule has 0 aliphatic heterocycles. The normalized spacial score (nSPS) is 10.5. The molecule has 3 N–H and O–H groups in total. The molecule has 0 aromatic carbocycles. The fraction of sp³-hybridized carbons (Fsp3) is 0.875. The molecule has 0 heterocycles. The molecule has 0 atom stereocenters. The van der Waals surface area contributed by atoms with Crippen LogP contribution in [0.1, 0.15) is 6.42 Å². The first-order chi connectivity index (χ1) is 6.24. The van der Waals surface area contributed by atoms with Crippen LogP contribution in [-0.4, -0.2) is 45.9 Å². The molecule has 0 rings (SSSR count). The molecule has 0 aliphatic rings. The second kappa shape index (κ2) is 7.97. The molecule has 5 nitrogen and oxygen atoms in total. The number of hydrogen-bond donors (Lipinski definition) is 2. The molecule has 0 fully saturated rings. The van der Waals surface area contributed by atoms with Gasteiger partial charge in [0, 0.05) is 27.2 Å². The van der Waals surface area contributed by atoms with Crippen molar-refractivity contribution in [3.8, 4) is 0 Å². The average molecular weight is 190 g/mol. The lowest BCUT2D eigenvalue weighted by molar-refractivity contribution is -0.122. The molecule has 0 unspecified atom stereocenters. The van der Waals surface area contributed by atoms with Crippen molar-refractivity contribution in [2.24, 2.45) is 5.73 Å². The number of methoxy groups -OCH3 is 2. The minimum absolute atomic E-state index is 0.0680. The zero-order valence-corrected chi connectivity index (χ0v) is 8.21. The van der Waals surface area contributed by atoms with Crippen molar-refractivity contribution in [3.63, 3.8) is 0 Å². The van der Waals surface area contributed by atoms with E-state index in [2.05, 4.69) is 5.32 Å². The number of nitrogens with two attached hydrogens (primary N) is 1. The summed E-state index contributed by atoms with van der Waals surface area (Å²) in [5, 5.41) is 2.75. The van der Waals surface area contributed by atoms with Gasteiger partial charge in [-0.2, -0.15) is 0 Å². The summed E-state index contributed by atoms with van der Waals surface area (Å²) >= 11 is 0. The van der Waals surface area contributed by atoms with E-state index in [1.165, 1.54) is 0 Å². The maximum absolute atomic E-state index is 11.1. The molecule has 1 amide bonds. The fourth-order valence-electron chi connectivity index (χ4n) is 0.965. The lowest BCUT2D eigenvalue weighted by Gasteiger charge is -2.16. The number of carbonyl (C=O) groups is 1. The molecule has 13 heavy (non-hydrogen) atoms. The van der Waals surface area contributed by atoms with Crippen LogP contribution in [0, 0.1) is 0 Å². The van der Waals surface area contributed by atoms with Crippen LogP contribution in [-0.2, 0) is 14.3 Å². The zero-order valence-electron chi connectivity index (χ0n) is 8.21. The molecule has 0 spiro atoms. The van der Waals surface area contributed by atoms with Crippen LogP contribution in [0.3, 0.4) is 0 Å². The van der Waals surface area contributed by atoms with Gasteiger partial charge in [-0.25, -0.2) is 0 Å². The Labute approximate surface area is 78.6 Å². The van der Waals surface area contributed by atoms with Crippen molar-refractivity contribution in [1.29, 1.82) is 0 Å². The van der Waals surface area contributed by atoms with Gasteiger partial charge in [-0.1, -0.05) is 0 Å². The van der Waals surface area contributed by atoms with Crippen molar-refractivity contribution in [2.75, 3.05) is 34.0 Å². The van der Waals surface area contributed by atoms with Crippen molar-refractivity contribution in [2.45, 2.75) is 12.5 Å². The number of carbonyl (C=O) groups excluding carboxylic acids is 1. The molecule has 0 aromatic rings. The highest BCUT2D eigenvalue weighted by Gasteiger charge is 2.10. The SMILES string of the molecule is COCC(COC)NC(=O)CCN. The summed E-state index contributed by atoms with van der Waals surface area (Å²) in [7, 11) is 3.16. The van der Waals surface area contributed by atoms with Crippen LogP contribution in [0.2, 0.25) is 0 Å². The third-order valence-electron chi connectivity index (χ3n) is 1.47. The molecule has 0 bridgehead atoms. The van der Waals surface area contributed by atoms with Crippen LogP contribution in [0.4, 0.5) is 0 Å². The first kappa shape index (κ1) is 12.3. The van der Waals surface area contributed by atoms with Crippen LogP contribution < -0.4 is 11.1 Å². The molecular weight excluding hydrogens is 172 g/mol. The highest BCUT2D eigenvalue weighted by Crippen LogP contribution is 1.87. The van der Waals surface area contributed by atoms with E-state index in [0.717, 1.165) is 0 Å². The summed E-state index contributed by atoms with van der Waals surface area (Å²) in [5.74, 6) is -0.0680. The van der Waals surface area contributed by atoms with E-state index in [1.807, 2.05) is 0 Å². The largest absolute Gasteiger partial charge is 0.382 e. The number of rotatable bonds is 7. The highest BCUT2D eigenvalue weighted by molar-refractivity contribution is 5.76. The van der Waals surface area contributed by atoms with Crippen molar-refractivity contribution in [3.05, 3.63) is 0 Å². The molecule has 0 aromatic heterocycles. The Morgan fingerprint density at radius 3 is 2.31 bits per heavy atom. The van der Waals surface area contributed by atoms with Crippen LogP contribution >= 0.6 is 0 Å². The fourth-order valence-corrected chi connectivity index (χ4v) is 0.965. The summed E-state index contributed by atoms with van der Waals surface area (Å²) in [5.41, 5.74) is 5.23. The Balaban J connectivity index is 3.71. The first-order valence-corrected chi connectivity index (χ1v) is 4.21. The van der Waals surface area contributed by atoms with E-state index in [4.69, 9.17) is 15.2 Å². The maximum atomic E-state index is 11.1. The van der Waals surface area contributed by atoms with Gasteiger partial charge in [-0.3, -0.25) is 4.79 Å². The van der Waals surface area contributed by atoms with Crippen molar-refractivity contribution in [1.82, 2.24) is 5.32 Å². The topological polar surface area (TPSA) is 73.6 Å². The highest BCUT2D eigenvalue weighted by atomic mass is 16.5. The second-order valence-corrected chi connectivity index (χ2v) is 2.71. The van der Waals surface area contributed by atoms with Crippen LogP contribution in [0.25, 0.3) is 0 Å². The van der Waals surface area contributed by atoms with Gasteiger partial charge < -0.3 is 20.5 Å². The lowest BCUT2D eigenvalue weighted by Crippen LogP contribution is -2.41. The molecule has 5 heteroatoms. The summed E-state index contributed by atoms with van der Waals surface area (Å²) in [6.45, 7) is 1.26. The molecule has 0 aliphatic carbocycles. The average Bonchev–Trinajstić information content (AvgIpc) is 2.05. The van der Waals surface area contributed by atoms with E-state index in [-0.39, 0.29) is 11.9 Å². The Morgan fingerprint density at radius 1 is 1.38 bits per heavy atom.